The van der Waals surface area contributed by atoms with Crippen molar-refractivity contribution < 1.29 is 19.5 Å². The Morgan fingerprint density at radius 2 is 2.00 bits per heavy atom. The Balaban J connectivity index is 1.76. The van der Waals surface area contributed by atoms with E-state index in [0.717, 1.165) is 32.2 Å². The molecule has 2 aliphatic rings. The highest BCUT2D eigenvalue weighted by molar-refractivity contribution is 5.90. The van der Waals surface area contributed by atoms with Gasteiger partial charge in [-0.1, -0.05) is 0 Å². The molecular formula is C16H28N6O4. The van der Waals surface area contributed by atoms with E-state index in [1.165, 1.54) is 4.90 Å². The number of carbonyl (C=O) groups excluding carboxylic acids is 2. The van der Waals surface area contributed by atoms with E-state index in [1.54, 1.807) is 4.90 Å². The molecule has 2 rings (SSSR count). The van der Waals surface area contributed by atoms with Crippen LogP contribution in [0.5, 0.6) is 0 Å². The maximum Gasteiger partial charge on any atom is 0.323 e. The molecule has 1 heterocycles. The highest BCUT2D eigenvalue weighted by Crippen LogP contribution is 2.27. The summed E-state index contributed by atoms with van der Waals surface area (Å²) in [5.41, 5.74) is 11.3. The summed E-state index contributed by atoms with van der Waals surface area (Å²) in [4.78, 5) is 38.4. The van der Waals surface area contributed by atoms with Gasteiger partial charge in [-0.2, -0.15) is 0 Å². The molecule has 0 bridgehead atoms. The summed E-state index contributed by atoms with van der Waals surface area (Å²) in [5, 5.41) is 19.2. The van der Waals surface area contributed by atoms with Crippen molar-refractivity contribution >= 4 is 23.7 Å². The van der Waals surface area contributed by atoms with Gasteiger partial charge in [0.15, 0.2) is 5.96 Å². The molecule has 7 N–H and O–H groups in total. The van der Waals surface area contributed by atoms with Crippen molar-refractivity contribution in [1.29, 1.82) is 5.41 Å². The van der Waals surface area contributed by atoms with E-state index in [9.17, 15) is 14.4 Å². The van der Waals surface area contributed by atoms with Crippen molar-refractivity contribution in [3.8, 4) is 0 Å². The van der Waals surface area contributed by atoms with Crippen LogP contribution in [0.2, 0.25) is 0 Å². The van der Waals surface area contributed by atoms with Gasteiger partial charge >= 0.3 is 5.97 Å². The smallest absolute Gasteiger partial charge is 0.323 e. The highest BCUT2D eigenvalue weighted by Gasteiger charge is 2.36. The zero-order valence-corrected chi connectivity index (χ0v) is 14.8. The third kappa shape index (κ3) is 5.87. The number of carboxylic acid groups (broad SMARTS) is 1. The molecule has 146 valence electrons. The minimum atomic E-state index is -1.09. The average Bonchev–Trinajstić information content (AvgIpc) is 3.42. The number of hydrogen-bond acceptors (Lipinski definition) is 5. The van der Waals surface area contributed by atoms with Gasteiger partial charge in [-0.25, -0.2) is 0 Å². The van der Waals surface area contributed by atoms with E-state index in [2.05, 4.69) is 5.32 Å². The number of guanidine groups is 1. The van der Waals surface area contributed by atoms with Crippen molar-refractivity contribution in [2.45, 2.75) is 44.2 Å². The van der Waals surface area contributed by atoms with Crippen LogP contribution in [-0.2, 0) is 14.4 Å². The number of nitrogens with one attached hydrogen (secondary N) is 2. The second-order valence-corrected chi connectivity index (χ2v) is 7.05. The molecule has 0 spiro atoms. The monoisotopic (exact) mass is 368 g/mol. The Kier molecular flexibility index (Phi) is 6.78. The molecule has 0 aromatic carbocycles. The molecule has 1 aliphatic carbocycles. The molecule has 0 unspecified atom stereocenters. The van der Waals surface area contributed by atoms with Crippen molar-refractivity contribution in [3.63, 3.8) is 0 Å². The summed E-state index contributed by atoms with van der Waals surface area (Å²) in [6.45, 7) is 1.42. The van der Waals surface area contributed by atoms with Crippen LogP contribution in [0, 0.1) is 11.3 Å². The molecule has 0 aromatic rings. The fraction of sp³-hybridized carbons (Fsp3) is 0.750. The molecule has 10 heteroatoms. The number of carbonyl (C=O) groups is 3. The second-order valence-electron chi connectivity index (χ2n) is 7.05. The van der Waals surface area contributed by atoms with E-state index < -0.39 is 17.9 Å². The van der Waals surface area contributed by atoms with E-state index in [4.69, 9.17) is 22.0 Å². The fourth-order valence-electron chi connectivity index (χ4n) is 3.20. The molecule has 10 nitrogen and oxygen atoms in total. The quantitative estimate of drug-likeness (QED) is 0.257. The number of piperidine rings is 1. The van der Waals surface area contributed by atoms with Gasteiger partial charge in [0.1, 0.15) is 6.54 Å². The average molecular weight is 368 g/mol. The molecule has 2 fully saturated rings. The topological polar surface area (TPSA) is 166 Å². The third-order valence-corrected chi connectivity index (χ3v) is 4.75. The van der Waals surface area contributed by atoms with Crippen molar-refractivity contribution in [2.24, 2.45) is 17.4 Å². The van der Waals surface area contributed by atoms with Crippen molar-refractivity contribution in [3.05, 3.63) is 0 Å². The lowest BCUT2D eigenvalue weighted by Crippen LogP contribution is -2.49. The highest BCUT2D eigenvalue weighted by atomic mass is 16.4. The largest absolute Gasteiger partial charge is 0.480 e. The first-order valence-corrected chi connectivity index (χ1v) is 8.91. The van der Waals surface area contributed by atoms with Crippen LogP contribution in [0.4, 0.5) is 0 Å². The number of carboxylic acids is 1. The van der Waals surface area contributed by atoms with E-state index >= 15 is 0 Å². The third-order valence-electron chi connectivity index (χ3n) is 4.75. The van der Waals surface area contributed by atoms with Gasteiger partial charge in [0, 0.05) is 25.7 Å². The van der Waals surface area contributed by atoms with Gasteiger partial charge in [-0.15, -0.1) is 0 Å². The zero-order valence-electron chi connectivity index (χ0n) is 14.8. The standard InChI is InChI=1S/C16H28N6O4/c17-12(15(26)22(9-14(24)25)11-3-4-11)6-13(23)20-7-10-2-1-5-21(8-10)16(18)19/h10-12H,1-9,17H2,(H3,18,19)(H,20,23)(H,24,25)/t10-,12-/m0/s1. The predicted octanol–water partition coefficient (Wildman–Crippen LogP) is -1.50. The van der Waals surface area contributed by atoms with Crippen molar-refractivity contribution in [2.75, 3.05) is 26.2 Å². The minimum Gasteiger partial charge on any atom is -0.480 e. The Morgan fingerprint density at radius 1 is 1.31 bits per heavy atom. The molecule has 1 saturated carbocycles. The number of hydrogen-bond donors (Lipinski definition) is 5. The van der Waals surface area contributed by atoms with E-state index in [-0.39, 0.29) is 36.8 Å². The zero-order chi connectivity index (χ0) is 19.3. The summed E-state index contributed by atoms with van der Waals surface area (Å²) in [7, 11) is 0. The van der Waals surface area contributed by atoms with E-state index in [1.807, 2.05) is 0 Å². The molecule has 0 aromatic heterocycles. The first-order valence-electron chi connectivity index (χ1n) is 8.91. The molecule has 2 amide bonds. The van der Waals surface area contributed by atoms with Crippen LogP contribution in [0.15, 0.2) is 0 Å². The molecule has 1 aliphatic heterocycles. The van der Waals surface area contributed by atoms with Gasteiger partial charge in [-0.05, 0) is 31.6 Å². The summed E-state index contributed by atoms with van der Waals surface area (Å²) >= 11 is 0. The number of nitrogens with zero attached hydrogens (tertiary/aromatic N) is 2. The Bertz CT molecular complexity index is 565. The molecule has 2 atom stereocenters. The summed E-state index contributed by atoms with van der Waals surface area (Å²) in [6.07, 6.45) is 3.20. The lowest BCUT2D eigenvalue weighted by molar-refractivity contribution is -0.145. The van der Waals surface area contributed by atoms with Crippen LogP contribution < -0.4 is 16.8 Å². The predicted molar refractivity (Wildman–Crippen MR) is 94.2 cm³/mol. The van der Waals surface area contributed by atoms with Gasteiger partial charge in [0.05, 0.1) is 12.5 Å². The SMILES string of the molecule is N=C(N)N1CCC[C@@H](CNC(=O)C[C@H](N)C(=O)N(CC(=O)O)C2CC2)C1. The normalized spacial score (nSPS) is 21.0. The number of likely N-dealkylation sites (tertiary alicyclic amines) is 1. The molecule has 26 heavy (non-hydrogen) atoms. The summed E-state index contributed by atoms with van der Waals surface area (Å²) in [6, 6.07) is -1.12. The van der Waals surface area contributed by atoms with Gasteiger partial charge < -0.3 is 31.7 Å². The minimum absolute atomic E-state index is 0.0345. The van der Waals surface area contributed by atoms with E-state index in [0.29, 0.717) is 13.1 Å². The maximum atomic E-state index is 12.3. The summed E-state index contributed by atoms with van der Waals surface area (Å²) in [5.74, 6) is -1.69. The molecule has 1 saturated heterocycles. The molecular weight excluding hydrogens is 340 g/mol. The van der Waals surface area contributed by atoms with Gasteiger partial charge in [0.25, 0.3) is 0 Å². The lowest BCUT2D eigenvalue weighted by Gasteiger charge is -2.33. The van der Waals surface area contributed by atoms with Crippen LogP contribution >= 0.6 is 0 Å². The first kappa shape index (κ1) is 20.0. The van der Waals surface area contributed by atoms with Crippen LogP contribution in [0.3, 0.4) is 0 Å². The first-order chi connectivity index (χ1) is 12.3. The molecule has 0 radical (unpaired) electrons. The van der Waals surface area contributed by atoms with Crippen molar-refractivity contribution in [1.82, 2.24) is 15.1 Å². The Labute approximate surface area is 152 Å². The van der Waals surface area contributed by atoms with Gasteiger partial charge in [-0.3, -0.25) is 19.8 Å². The number of nitrogens with two attached hydrogens (primary N) is 2. The van der Waals surface area contributed by atoms with Crippen LogP contribution in [-0.4, -0.2) is 76.9 Å². The second kappa shape index (κ2) is 8.84. The number of amides is 2. The number of aliphatic carboxylic acids is 1. The summed E-state index contributed by atoms with van der Waals surface area (Å²) < 4.78 is 0. The Hall–Kier alpha value is -2.36. The number of rotatable bonds is 8. The van der Waals surface area contributed by atoms with Crippen LogP contribution in [0.1, 0.15) is 32.1 Å². The Morgan fingerprint density at radius 3 is 2.58 bits per heavy atom. The maximum absolute atomic E-state index is 12.3. The van der Waals surface area contributed by atoms with Gasteiger partial charge in [0.2, 0.25) is 11.8 Å². The van der Waals surface area contributed by atoms with Crippen LogP contribution in [0.25, 0.3) is 0 Å². The fourth-order valence-corrected chi connectivity index (χ4v) is 3.20. The lowest BCUT2D eigenvalue weighted by atomic mass is 9.98.